The minimum absolute atomic E-state index is 0.230. The lowest BCUT2D eigenvalue weighted by Gasteiger charge is -2.20. The summed E-state index contributed by atoms with van der Waals surface area (Å²) in [6.07, 6.45) is 1.57. The number of hydrogen-bond donors (Lipinski definition) is 0. The fourth-order valence-corrected chi connectivity index (χ4v) is 3.21. The summed E-state index contributed by atoms with van der Waals surface area (Å²) >= 11 is 12.4. The first-order chi connectivity index (χ1) is 11.8. The zero-order valence-electron chi connectivity index (χ0n) is 14.7. The number of hydrogen-bond acceptors (Lipinski definition) is 3. The fourth-order valence-electron chi connectivity index (χ4n) is 2.71. The molecule has 4 nitrogen and oxygen atoms in total. The van der Waals surface area contributed by atoms with E-state index in [0.29, 0.717) is 27.9 Å². The van der Waals surface area contributed by atoms with Crippen LogP contribution in [0.25, 0.3) is 6.08 Å². The van der Waals surface area contributed by atoms with Crippen molar-refractivity contribution < 1.29 is 14.3 Å². The summed E-state index contributed by atoms with van der Waals surface area (Å²) < 4.78 is 5.14. The molecular formula is C19H21Cl2NO3. The average molecular weight is 382 g/mol. The van der Waals surface area contributed by atoms with Crippen molar-refractivity contribution in [1.82, 2.24) is 4.90 Å². The molecule has 1 aliphatic heterocycles. The van der Waals surface area contributed by atoms with E-state index in [1.165, 1.54) is 0 Å². The summed E-state index contributed by atoms with van der Waals surface area (Å²) in [6, 6.07) is 5.10. The molecule has 2 rings (SSSR count). The molecule has 1 aromatic carbocycles. The molecule has 0 fully saturated rings. The Hall–Kier alpha value is -1.78. The van der Waals surface area contributed by atoms with Crippen LogP contribution >= 0.6 is 23.2 Å². The normalized spacial score (nSPS) is 16.4. The minimum atomic E-state index is -0.519. The number of rotatable bonds is 5. The highest BCUT2D eigenvalue weighted by Gasteiger charge is 2.37. The van der Waals surface area contributed by atoms with Crippen molar-refractivity contribution in [2.45, 2.75) is 27.7 Å². The first-order valence-corrected chi connectivity index (χ1v) is 8.89. The van der Waals surface area contributed by atoms with Crippen LogP contribution in [0.5, 0.6) is 0 Å². The van der Waals surface area contributed by atoms with Gasteiger partial charge in [0.25, 0.3) is 5.91 Å². The maximum absolute atomic E-state index is 12.9. The van der Waals surface area contributed by atoms with Crippen LogP contribution in [0.15, 0.2) is 35.0 Å². The van der Waals surface area contributed by atoms with Crippen LogP contribution in [0.3, 0.4) is 0 Å². The lowest BCUT2D eigenvalue weighted by Crippen LogP contribution is -2.28. The molecule has 0 aliphatic carbocycles. The molecule has 25 heavy (non-hydrogen) atoms. The van der Waals surface area contributed by atoms with Gasteiger partial charge in [-0.25, -0.2) is 4.79 Å². The van der Waals surface area contributed by atoms with Gasteiger partial charge in [-0.05, 0) is 38.0 Å². The Balaban J connectivity index is 2.59. The summed E-state index contributed by atoms with van der Waals surface area (Å²) in [4.78, 5) is 27.0. The lowest BCUT2D eigenvalue weighted by molar-refractivity contribution is -0.138. The second-order valence-corrected chi connectivity index (χ2v) is 7.00. The summed E-state index contributed by atoms with van der Waals surface area (Å²) in [5.74, 6) is -0.509. The third kappa shape index (κ3) is 4.07. The number of allylic oxidation sites excluding steroid dienone is 1. The fraction of sp³-hybridized carbons (Fsp3) is 0.368. The van der Waals surface area contributed by atoms with E-state index in [-0.39, 0.29) is 29.6 Å². The molecule has 0 atom stereocenters. The van der Waals surface area contributed by atoms with Gasteiger partial charge in [-0.15, -0.1) is 0 Å². The monoisotopic (exact) mass is 381 g/mol. The van der Waals surface area contributed by atoms with Crippen molar-refractivity contribution in [2.75, 3.05) is 13.2 Å². The van der Waals surface area contributed by atoms with Gasteiger partial charge in [0.05, 0.1) is 17.8 Å². The molecule has 0 spiro atoms. The van der Waals surface area contributed by atoms with E-state index in [0.717, 1.165) is 0 Å². The molecule has 1 aromatic rings. The van der Waals surface area contributed by atoms with Gasteiger partial charge in [-0.3, -0.25) is 4.79 Å². The topological polar surface area (TPSA) is 46.6 Å². The summed E-state index contributed by atoms with van der Waals surface area (Å²) in [5.41, 5.74) is 1.62. The predicted octanol–water partition coefficient (Wildman–Crippen LogP) is 4.71. The smallest absolute Gasteiger partial charge is 0.340 e. The first kappa shape index (κ1) is 19.5. The molecule has 1 amide bonds. The lowest BCUT2D eigenvalue weighted by atomic mass is 10.0. The number of carbonyl (C=O) groups excluding carboxylic acids is 2. The van der Waals surface area contributed by atoms with E-state index in [1.54, 1.807) is 43.0 Å². The molecule has 0 aromatic heterocycles. The van der Waals surface area contributed by atoms with E-state index in [4.69, 9.17) is 27.9 Å². The van der Waals surface area contributed by atoms with Gasteiger partial charge in [0.15, 0.2) is 0 Å². The molecule has 134 valence electrons. The Morgan fingerprint density at radius 1 is 1.28 bits per heavy atom. The van der Waals surface area contributed by atoms with Gasteiger partial charge in [0.1, 0.15) is 0 Å². The average Bonchev–Trinajstić information content (AvgIpc) is 2.75. The zero-order chi connectivity index (χ0) is 18.7. The van der Waals surface area contributed by atoms with Crippen LogP contribution in [0, 0.1) is 5.92 Å². The summed E-state index contributed by atoms with van der Waals surface area (Å²) in [6.45, 7) is 8.25. The molecule has 0 unspecified atom stereocenters. The van der Waals surface area contributed by atoms with E-state index < -0.39 is 5.97 Å². The van der Waals surface area contributed by atoms with Crippen molar-refractivity contribution in [2.24, 2.45) is 5.92 Å². The first-order valence-electron chi connectivity index (χ1n) is 8.13. The standard InChI is InChI=1S/C19H21Cl2NO3/c1-5-25-19(24)17-12(4)22(10-11(2)3)18(23)14(17)9-13-15(20)7-6-8-16(13)21/h6-9,11H,5,10H2,1-4H3/b14-9-. The van der Waals surface area contributed by atoms with Gasteiger partial charge >= 0.3 is 5.97 Å². The SMILES string of the molecule is CCOC(=O)C1=C(C)N(CC(C)C)C(=O)/C1=C\c1c(Cl)cccc1Cl. The van der Waals surface area contributed by atoms with Gasteiger partial charge in [0, 0.05) is 27.9 Å². The van der Waals surface area contributed by atoms with Crippen LogP contribution in [0.2, 0.25) is 10.0 Å². The van der Waals surface area contributed by atoms with Crippen LogP contribution in [-0.2, 0) is 14.3 Å². The molecule has 0 radical (unpaired) electrons. The van der Waals surface area contributed by atoms with E-state index >= 15 is 0 Å². The quantitative estimate of drug-likeness (QED) is 0.547. The molecule has 0 saturated heterocycles. The highest BCUT2D eigenvalue weighted by molar-refractivity contribution is 6.37. The largest absolute Gasteiger partial charge is 0.462 e. The molecule has 0 N–H and O–H groups in total. The highest BCUT2D eigenvalue weighted by Crippen LogP contribution is 2.35. The molecule has 1 heterocycles. The number of ether oxygens (including phenoxy) is 1. The molecule has 0 saturated carbocycles. The predicted molar refractivity (Wildman–Crippen MR) is 100 cm³/mol. The third-order valence-corrected chi connectivity index (χ3v) is 4.49. The number of esters is 1. The third-order valence-electron chi connectivity index (χ3n) is 3.83. The number of halogens is 2. The number of nitrogens with zero attached hydrogens (tertiary/aromatic N) is 1. The van der Waals surface area contributed by atoms with Crippen molar-refractivity contribution in [3.05, 3.63) is 50.7 Å². The van der Waals surface area contributed by atoms with Gasteiger partial charge in [0.2, 0.25) is 0 Å². The molecule has 1 aliphatic rings. The van der Waals surface area contributed by atoms with Crippen molar-refractivity contribution >= 4 is 41.2 Å². The Morgan fingerprint density at radius 3 is 2.40 bits per heavy atom. The summed E-state index contributed by atoms with van der Waals surface area (Å²) in [7, 11) is 0. The summed E-state index contributed by atoms with van der Waals surface area (Å²) in [5, 5.41) is 0.826. The second kappa shape index (κ2) is 8.07. The number of benzene rings is 1. The van der Waals surface area contributed by atoms with Gasteiger partial charge in [-0.1, -0.05) is 43.1 Å². The molecule has 0 bridgehead atoms. The van der Waals surface area contributed by atoms with E-state index in [2.05, 4.69) is 0 Å². The number of amides is 1. The second-order valence-electron chi connectivity index (χ2n) is 6.18. The van der Waals surface area contributed by atoms with E-state index in [1.807, 2.05) is 13.8 Å². The van der Waals surface area contributed by atoms with Gasteiger partial charge < -0.3 is 9.64 Å². The Labute approximate surface area is 158 Å². The molecule has 6 heteroatoms. The van der Waals surface area contributed by atoms with E-state index in [9.17, 15) is 9.59 Å². The Morgan fingerprint density at radius 2 is 1.88 bits per heavy atom. The minimum Gasteiger partial charge on any atom is -0.462 e. The highest BCUT2D eigenvalue weighted by atomic mass is 35.5. The van der Waals surface area contributed by atoms with Crippen LogP contribution in [-0.4, -0.2) is 29.9 Å². The number of carbonyl (C=O) groups is 2. The van der Waals surface area contributed by atoms with Crippen LogP contribution in [0.4, 0.5) is 0 Å². The van der Waals surface area contributed by atoms with Crippen molar-refractivity contribution in [3.8, 4) is 0 Å². The van der Waals surface area contributed by atoms with Crippen molar-refractivity contribution in [3.63, 3.8) is 0 Å². The van der Waals surface area contributed by atoms with Crippen molar-refractivity contribution in [1.29, 1.82) is 0 Å². The zero-order valence-corrected chi connectivity index (χ0v) is 16.2. The Kier molecular flexibility index (Phi) is 6.31. The maximum atomic E-state index is 12.9. The maximum Gasteiger partial charge on any atom is 0.340 e. The Bertz CT molecular complexity index is 746. The molecular weight excluding hydrogens is 361 g/mol. The van der Waals surface area contributed by atoms with Crippen LogP contribution < -0.4 is 0 Å². The van der Waals surface area contributed by atoms with Crippen LogP contribution in [0.1, 0.15) is 33.3 Å². The van der Waals surface area contributed by atoms with Gasteiger partial charge in [-0.2, -0.15) is 0 Å².